The Morgan fingerprint density at radius 1 is 1.15 bits per heavy atom. The van der Waals surface area contributed by atoms with Gasteiger partial charge in [-0.05, 0) is 27.7 Å². The molecule has 0 radical (unpaired) electrons. The highest BCUT2D eigenvalue weighted by Crippen LogP contribution is 2.02. The summed E-state index contributed by atoms with van der Waals surface area (Å²) in [5, 5.41) is 2.83. The first-order valence-corrected chi connectivity index (χ1v) is 4.52. The van der Waals surface area contributed by atoms with Gasteiger partial charge in [0.15, 0.2) is 0 Å². The minimum absolute atomic E-state index is 0.0115. The van der Waals surface area contributed by atoms with E-state index in [4.69, 9.17) is 0 Å². The molecule has 0 saturated heterocycles. The Hall–Kier alpha value is -1.05. The topological polar surface area (TPSA) is 29.1 Å². The van der Waals surface area contributed by atoms with E-state index in [2.05, 4.69) is 5.32 Å². The molecule has 1 atom stereocenters. The van der Waals surface area contributed by atoms with Crippen LogP contribution >= 0.6 is 0 Å². The lowest BCUT2D eigenvalue weighted by atomic mass is 10.1. The second kappa shape index (κ2) is 5.57. The van der Waals surface area contributed by atoms with Crippen molar-refractivity contribution in [2.24, 2.45) is 0 Å². The van der Waals surface area contributed by atoms with Gasteiger partial charge in [0.25, 0.3) is 0 Å². The summed E-state index contributed by atoms with van der Waals surface area (Å²) in [5.41, 5.74) is 2.42. The zero-order valence-corrected chi connectivity index (χ0v) is 9.14. The summed E-state index contributed by atoms with van der Waals surface area (Å²) >= 11 is 0. The predicted octanol–water partition coefficient (Wildman–Crippen LogP) is 2.42. The first-order valence-electron chi connectivity index (χ1n) is 4.52. The van der Waals surface area contributed by atoms with Gasteiger partial charge in [0.1, 0.15) is 0 Å². The molecular formula is C11H19NO. The molecule has 0 aliphatic rings. The molecule has 0 spiro atoms. The van der Waals surface area contributed by atoms with Crippen molar-refractivity contribution in [3.8, 4) is 0 Å². The van der Waals surface area contributed by atoms with Crippen molar-refractivity contribution in [1.29, 1.82) is 0 Å². The SMILES string of the molecule is CC(=O)NC(C)/C(C)=C/C=C(C)C. The zero-order valence-electron chi connectivity index (χ0n) is 9.14. The first-order chi connectivity index (χ1) is 5.93. The van der Waals surface area contributed by atoms with Gasteiger partial charge in [0.05, 0.1) is 0 Å². The van der Waals surface area contributed by atoms with Gasteiger partial charge >= 0.3 is 0 Å². The fourth-order valence-corrected chi connectivity index (χ4v) is 0.861. The van der Waals surface area contributed by atoms with Gasteiger partial charge in [-0.25, -0.2) is 0 Å². The summed E-state index contributed by atoms with van der Waals surface area (Å²) in [7, 11) is 0. The molecule has 2 nitrogen and oxygen atoms in total. The van der Waals surface area contributed by atoms with Gasteiger partial charge < -0.3 is 5.32 Å². The minimum atomic E-state index is 0.0115. The van der Waals surface area contributed by atoms with Gasteiger partial charge in [0, 0.05) is 13.0 Å². The van der Waals surface area contributed by atoms with Gasteiger partial charge in [0.2, 0.25) is 5.91 Å². The molecule has 0 bridgehead atoms. The lowest BCUT2D eigenvalue weighted by Gasteiger charge is -2.12. The standard InChI is InChI=1S/C11H19NO/c1-8(2)6-7-9(3)10(4)12-11(5)13/h6-7,10H,1-5H3,(H,12,13)/b9-7+. The van der Waals surface area contributed by atoms with Crippen molar-refractivity contribution in [3.05, 3.63) is 23.3 Å². The highest BCUT2D eigenvalue weighted by atomic mass is 16.1. The Kier molecular flexibility index (Phi) is 5.12. The summed E-state index contributed by atoms with van der Waals surface area (Å²) in [6.45, 7) is 9.62. The number of rotatable bonds is 3. The van der Waals surface area contributed by atoms with E-state index in [0.717, 1.165) is 5.57 Å². The molecule has 0 fully saturated rings. The van der Waals surface area contributed by atoms with Gasteiger partial charge in [-0.3, -0.25) is 4.79 Å². The number of hydrogen-bond acceptors (Lipinski definition) is 1. The van der Waals surface area contributed by atoms with Crippen LogP contribution in [0.4, 0.5) is 0 Å². The molecule has 0 aromatic rings. The third-order valence-electron chi connectivity index (χ3n) is 1.78. The maximum absolute atomic E-state index is 10.7. The highest BCUT2D eigenvalue weighted by molar-refractivity contribution is 5.73. The zero-order chi connectivity index (χ0) is 10.4. The summed E-state index contributed by atoms with van der Waals surface area (Å²) in [4.78, 5) is 10.7. The van der Waals surface area contributed by atoms with Crippen LogP contribution in [0.15, 0.2) is 23.3 Å². The number of carbonyl (C=O) groups excluding carboxylic acids is 1. The number of amides is 1. The average molecular weight is 181 g/mol. The van der Waals surface area contributed by atoms with E-state index in [1.54, 1.807) is 0 Å². The molecule has 0 saturated carbocycles. The summed E-state index contributed by atoms with van der Waals surface area (Å²) in [6.07, 6.45) is 4.09. The number of allylic oxidation sites excluding steroid dienone is 3. The van der Waals surface area contributed by atoms with Crippen LogP contribution in [-0.2, 0) is 4.79 Å². The van der Waals surface area contributed by atoms with Crippen LogP contribution in [0.2, 0.25) is 0 Å². The third-order valence-corrected chi connectivity index (χ3v) is 1.78. The Balaban J connectivity index is 4.24. The molecule has 0 aliphatic carbocycles. The van der Waals surface area contributed by atoms with Crippen LogP contribution in [0, 0.1) is 0 Å². The van der Waals surface area contributed by atoms with Crippen LogP contribution in [0.25, 0.3) is 0 Å². The van der Waals surface area contributed by atoms with E-state index in [1.165, 1.54) is 12.5 Å². The van der Waals surface area contributed by atoms with Gasteiger partial charge in [-0.15, -0.1) is 0 Å². The van der Waals surface area contributed by atoms with Gasteiger partial charge in [-0.2, -0.15) is 0 Å². The fourth-order valence-electron chi connectivity index (χ4n) is 0.861. The van der Waals surface area contributed by atoms with Crippen LogP contribution in [0.1, 0.15) is 34.6 Å². The Morgan fingerprint density at radius 3 is 2.08 bits per heavy atom. The predicted molar refractivity (Wildman–Crippen MR) is 56.5 cm³/mol. The summed E-state index contributed by atoms with van der Waals surface area (Å²) in [6, 6.07) is 0.119. The molecule has 1 amide bonds. The Morgan fingerprint density at radius 2 is 1.69 bits per heavy atom. The van der Waals surface area contributed by atoms with Crippen molar-refractivity contribution in [3.63, 3.8) is 0 Å². The second-order valence-electron chi connectivity index (χ2n) is 3.58. The molecule has 1 N–H and O–H groups in total. The first kappa shape index (κ1) is 11.9. The van der Waals surface area contributed by atoms with E-state index in [-0.39, 0.29) is 11.9 Å². The maximum Gasteiger partial charge on any atom is 0.217 e. The van der Waals surface area contributed by atoms with E-state index in [0.29, 0.717) is 0 Å². The molecule has 2 heteroatoms. The van der Waals surface area contributed by atoms with E-state index < -0.39 is 0 Å². The third kappa shape index (κ3) is 6.14. The molecule has 0 rings (SSSR count). The van der Waals surface area contributed by atoms with Gasteiger partial charge in [-0.1, -0.05) is 23.3 Å². The monoisotopic (exact) mass is 181 g/mol. The largest absolute Gasteiger partial charge is 0.350 e. The number of carbonyl (C=O) groups is 1. The molecule has 74 valence electrons. The van der Waals surface area contributed by atoms with Crippen molar-refractivity contribution in [2.75, 3.05) is 0 Å². The number of hydrogen-bond donors (Lipinski definition) is 1. The van der Waals surface area contributed by atoms with Crippen LogP contribution < -0.4 is 5.32 Å². The van der Waals surface area contributed by atoms with Crippen LogP contribution in [-0.4, -0.2) is 11.9 Å². The fraction of sp³-hybridized carbons (Fsp3) is 0.545. The maximum atomic E-state index is 10.7. The molecule has 0 aliphatic heterocycles. The Labute approximate surface area is 80.7 Å². The Bertz CT molecular complexity index is 234. The molecule has 0 heterocycles. The molecule has 0 aromatic carbocycles. The quantitative estimate of drug-likeness (QED) is 0.666. The number of nitrogens with one attached hydrogen (secondary N) is 1. The molecule has 0 aromatic heterocycles. The van der Waals surface area contributed by atoms with Crippen molar-refractivity contribution < 1.29 is 4.79 Å². The highest BCUT2D eigenvalue weighted by Gasteiger charge is 2.03. The van der Waals surface area contributed by atoms with Crippen LogP contribution in [0.5, 0.6) is 0 Å². The lowest BCUT2D eigenvalue weighted by Crippen LogP contribution is -2.31. The summed E-state index contributed by atoms with van der Waals surface area (Å²) in [5.74, 6) is 0.0115. The summed E-state index contributed by atoms with van der Waals surface area (Å²) < 4.78 is 0. The average Bonchev–Trinajstić information content (AvgIpc) is 1.98. The van der Waals surface area contributed by atoms with E-state index in [9.17, 15) is 4.79 Å². The van der Waals surface area contributed by atoms with E-state index >= 15 is 0 Å². The van der Waals surface area contributed by atoms with Crippen molar-refractivity contribution >= 4 is 5.91 Å². The molecule has 13 heavy (non-hydrogen) atoms. The van der Waals surface area contributed by atoms with E-state index in [1.807, 2.05) is 39.8 Å². The lowest BCUT2D eigenvalue weighted by molar-refractivity contribution is -0.119. The molecular weight excluding hydrogens is 162 g/mol. The minimum Gasteiger partial charge on any atom is -0.350 e. The second-order valence-corrected chi connectivity index (χ2v) is 3.58. The smallest absolute Gasteiger partial charge is 0.217 e. The van der Waals surface area contributed by atoms with Crippen LogP contribution in [0.3, 0.4) is 0 Å². The van der Waals surface area contributed by atoms with Crippen molar-refractivity contribution in [2.45, 2.75) is 40.7 Å². The molecule has 1 unspecified atom stereocenters. The normalized spacial score (nSPS) is 13.5. The van der Waals surface area contributed by atoms with Crippen molar-refractivity contribution in [1.82, 2.24) is 5.32 Å².